The number of methoxy groups -OCH3 is 1. The van der Waals surface area contributed by atoms with Crippen molar-refractivity contribution in [3.05, 3.63) is 29.3 Å². The van der Waals surface area contributed by atoms with E-state index in [0.29, 0.717) is 13.1 Å². The molecule has 0 unspecified atom stereocenters. The molecule has 2 amide bonds. The van der Waals surface area contributed by atoms with Gasteiger partial charge in [0.15, 0.2) is 0 Å². The van der Waals surface area contributed by atoms with E-state index < -0.39 is 0 Å². The highest BCUT2D eigenvalue weighted by molar-refractivity contribution is 5.73. The second kappa shape index (κ2) is 9.06. The summed E-state index contributed by atoms with van der Waals surface area (Å²) in [6.07, 6.45) is 0.741. The van der Waals surface area contributed by atoms with Gasteiger partial charge in [0.05, 0.1) is 20.3 Å². The average molecular weight is 349 g/mol. The number of hydrogen-bond acceptors (Lipinski definition) is 4. The molecule has 0 aliphatic carbocycles. The number of morpholine rings is 1. The summed E-state index contributed by atoms with van der Waals surface area (Å²) in [6.45, 7) is 10.9. The Morgan fingerprint density at radius 3 is 2.68 bits per heavy atom. The lowest BCUT2D eigenvalue weighted by Crippen LogP contribution is -2.56. The normalized spacial score (nSPS) is 15.7. The molecule has 0 spiro atoms. The lowest BCUT2D eigenvalue weighted by atomic mass is 10.0. The minimum Gasteiger partial charge on any atom is -0.496 e. The van der Waals surface area contributed by atoms with Crippen LogP contribution in [0.5, 0.6) is 5.75 Å². The number of aryl methyl sites for hydroxylation is 1. The Labute approximate surface area is 150 Å². The summed E-state index contributed by atoms with van der Waals surface area (Å²) in [5, 5.41) is 5.91. The van der Waals surface area contributed by atoms with Crippen molar-refractivity contribution in [1.29, 1.82) is 0 Å². The minimum absolute atomic E-state index is 0.0825. The minimum atomic E-state index is -0.132. The zero-order valence-corrected chi connectivity index (χ0v) is 15.9. The first kappa shape index (κ1) is 19.5. The van der Waals surface area contributed by atoms with Crippen molar-refractivity contribution in [2.75, 3.05) is 46.5 Å². The lowest BCUT2D eigenvalue weighted by Gasteiger charge is -2.40. The first-order valence-electron chi connectivity index (χ1n) is 8.90. The lowest BCUT2D eigenvalue weighted by molar-refractivity contribution is -0.00874. The van der Waals surface area contributed by atoms with Gasteiger partial charge in [-0.2, -0.15) is 0 Å². The summed E-state index contributed by atoms with van der Waals surface area (Å²) in [5.41, 5.74) is 2.21. The van der Waals surface area contributed by atoms with E-state index in [1.807, 2.05) is 12.1 Å². The van der Waals surface area contributed by atoms with Crippen LogP contribution in [0.25, 0.3) is 0 Å². The van der Waals surface area contributed by atoms with Gasteiger partial charge in [-0.3, -0.25) is 4.90 Å². The second-order valence-electron chi connectivity index (χ2n) is 7.09. The topological polar surface area (TPSA) is 62.8 Å². The van der Waals surface area contributed by atoms with Crippen molar-refractivity contribution in [1.82, 2.24) is 15.5 Å². The Bertz CT molecular complexity index is 569. The molecule has 0 saturated carbocycles. The molecular weight excluding hydrogens is 318 g/mol. The number of rotatable bonds is 7. The van der Waals surface area contributed by atoms with Crippen LogP contribution in [-0.4, -0.2) is 63.0 Å². The monoisotopic (exact) mass is 349 g/mol. The predicted octanol–water partition coefficient (Wildman–Crippen LogP) is 1.96. The molecule has 1 aromatic rings. The van der Waals surface area contributed by atoms with Gasteiger partial charge in [0.1, 0.15) is 5.75 Å². The summed E-state index contributed by atoms with van der Waals surface area (Å²) < 4.78 is 10.8. The highest BCUT2D eigenvalue weighted by Gasteiger charge is 2.28. The van der Waals surface area contributed by atoms with Crippen molar-refractivity contribution in [3.63, 3.8) is 0 Å². The van der Waals surface area contributed by atoms with E-state index in [-0.39, 0.29) is 11.6 Å². The number of carbonyl (C=O) groups is 1. The predicted molar refractivity (Wildman–Crippen MR) is 99.3 cm³/mol. The van der Waals surface area contributed by atoms with Crippen LogP contribution in [0.2, 0.25) is 0 Å². The van der Waals surface area contributed by atoms with Gasteiger partial charge in [-0.15, -0.1) is 0 Å². The van der Waals surface area contributed by atoms with Crippen molar-refractivity contribution in [2.45, 2.75) is 32.7 Å². The number of ether oxygens (including phenoxy) is 2. The molecular formula is C19H31N3O3. The fraction of sp³-hybridized carbons (Fsp3) is 0.632. The maximum Gasteiger partial charge on any atom is 0.314 e. The molecule has 0 atom stereocenters. The Morgan fingerprint density at radius 2 is 2.00 bits per heavy atom. The van der Waals surface area contributed by atoms with E-state index in [1.165, 1.54) is 5.56 Å². The molecule has 1 heterocycles. The number of urea groups is 1. The number of carbonyl (C=O) groups excluding carboxylic acids is 1. The number of nitrogens with zero attached hydrogens (tertiary/aromatic N) is 1. The molecule has 25 heavy (non-hydrogen) atoms. The SMILES string of the molecule is COc1ccc(C)cc1CCNC(=O)NCC(C)(C)N1CCOCC1. The quantitative estimate of drug-likeness (QED) is 0.790. The Hall–Kier alpha value is -1.79. The first-order valence-corrected chi connectivity index (χ1v) is 8.90. The van der Waals surface area contributed by atoms with Gasteiger partial charge in [-0.05, 0) is 38.8 Å². The summed E-state index contributed by atoms with van der Waals surface area (Å²) in [7, 11) is 1.67. The molecule has 0 radical (unpaired) electrons. The molecule has 1 aromatic carbocycles. The van der Waals surface area contributed by atoms with Crippen LogP contribution in [0.3, 0.4) is 0 Å². The van der Waals surface area contributed by atoms with Crippen molar-refractivity contribution in [2.24, 2.45) is 0 Å². The fourth-order valence-corrected chi connectivity index (χ4v) is 3.05. The number of nitrogens with one attached hydrogen (secondary N) is 2. The highest BCUT2D eigenvalue weighted by Crippen LogP contribution is 2.19. The van der Waals surface area contributed by atoms with Crippen LogP contribution in [0.1, 0.15) is 25.0 Å². The van der Waals surface area contributed by atoms with Gasteiger partial charge >= 0.3 is 6.03 Å². The number of benzene rings is 1. The van der Waals surface area contributed by atoms with Gasteiger partial charge in [-0.25, -0.2) is 4.79 Å². The Kier molecular flexibility index (Phi) is 7.08. The maximum absolute atomic E-state index is 12.1. The number of hydrogen-bond donors (Lipinski definition) is 2. The highest BCUT2D eigenvalue weighted by atomic mass is 16.5. The second-order valence-corrected chi connectivity index (χ2v) is 7.09. The molecule has 6 heteroatoms. The van der Waals surface area contributed by atoms with E-state index >= 15 is 0 Å². The third-order valence-corrected chi connectivity index (χ3v) is 4.66. The Balaban J connectivity index is 1.74. The van der Waals surface area contributed by atoms with Gasteiger partial charge in [-0.1, -0.05) is 17.7 Å². The van der Waals surface area contributed by atoms with Gasteiger partial charge < -0.3 is 20.1 Å². The van der Waals surface area contributed by atoms with E-state index in [4.69, 9.17) is 9.47 Å². The van der Waals surface area contributed by atoms with Crippen LogP contribution in [-0.2, 0) is 11.2 Å². The molecule has 140 valence electrons. The first-order chi connectivity index (χ1) is 11.9. The molecule has 1 saturated heterocycles. The standard InChI is InChI=1S/C19H31N3O3/c1-15-5-6-17(24-4)16(13-15)7-8-20-18(23)21-14-19(2,3)22-9-11-25-12-10-22/h5-6,13H,7-12,14H2,1-4H3,(H2,20,21,23). The Morgan fingerprint density at radius 1 is 1.28 bits per heavy atom. The summed E-state index contributed by atoms with van der Waals surface area (Å²) in [4.78, 5) is 14.4. The molecule has 2 N–H and O–H groups in total. The van der Waals surface area contributed by atoms with E-state index in [2.05, 4.69) is 42.4 Å². The fourth-order valence-electron chi connectivity index (χ4n) is 3.05. The van der Waals surface area contributed by atoms with Gasteiger partial charge in [0, 0.05) is 31.7 Å². The summed E-state index contributed by atoms with van der Waals surface area (Å²) >= 11 is 0. The molecule has 6 nitrogen and oxygen atoms in total. The largest absolute Gasteiger partial charge is 0.496 e. The van der Waals surface area contributed by atoms with Gasteiger partial charge in [0.25, 0.3) is 0 Å². The van der Waals surface area contributed by atoms with Crippen LogP contribution >= 0.6 is 0 Å². The van der Waals surface area contributed by atoms with Crippen molar-refractivity contribution in [3.8, 4) is 5.75 Å². The van der Waals surface area contributed by atoms with Crippen molar-refractivity contribution < 1.29 is 14.3 Å². The number of amides is 2. The smallest absolute Gasteiger partial charge is 0.314 e. The third-order valence-electron chi connectivity index (χ3n) is 4.66. The maximum atomic E-state index is 12.1. The zero-order valence-electron chi connectivity index (χ0n) is 15.9. The molecule has 0 aromatic heterocycles. The summed E-state index contributed by atoms with van der Waals surface area (Å²) in [5.74, 6) is 0.862. The van der Waals surface area contributed by atoms with Crippen molar-refractivity contribution >= 4 is 6.03 Å². The van der Waals surface area contributed by atoms with Crippen LogP contribution in [0.15, 0.2) is 18.2 Å². The van der Waals surface area contributed by atoms with Crippen LogP contribution in [0.4, 0.5) is 4.79 Å². The molecule has 0 bridgehead atoms. The van der Waals surface area contributed by atoms with E-state index in [0.717, 1.165) is 44.0 Å². The van der Waals surface area contributed by atoms with Crippen LogP contribution in [0, 0.1) is 6.92 Å². The summed E-state index contributed by atoms with van der Waals surface area (Å²) in [6, 6.07) is 5.96. The zero-order chi connectivity index (χ0) is 18.3. The third kappa shape index (κ3) is 5.90. The molecule has 1 fully saturated rings. The van der Waals surface area contributed by atoms with E-state index in [9.17, 15) is 4.79 Å². The van der Waals surface area contributed by atoms with E-state index in [1.54, 1.807) is 7.11 Å². The average Bonchev–Trinajstić information content (AvgIpc) is 2.61. The van der Waals surface area contributed by atoms with Crippen LogP contribution < -0.4 is 15.4 Å². The molecule has 1 aliphatic rings. The molecule has 1 aliphatic heterocycles. The molecule has 2 rings (SSSR count). The van der Waals surface area contributed by atoms with Gasteiger partial charge in [0.2, 0.25) is 0 Å².